The molecule has 0 N–H and O–H groups in total. The Hall–Kier alpha value is 0.0500. The molecular formula is C11H16BrNO3S2. The molecule has 0 bridgehead atoms. The third-order valence-corrected chi connectivity index (χ3v) is 6.52. The zero-order valence-corrected chi connectivity index (χ0v) is 13.1. The van der Waals surface area contributed by atoms with Gasteiger partial charge in [-0.15, -0.1) is 11.3 Å². The molecule has 7 heteroatoms. The molecule has 0 spiro atoms. The van der Waals surface area contributed by atoms with E-state index in [0.717, 1.165) is 18.2 Å². The normalized spacial score (nSPS) is 19.2. The number of halogens is 1. The summed E-state index contributed by atoms with van der Waals surface area (Å²) in [5.41, 5.74) is 0. The van der Waals surface area contributed by atoms with Crippen LogP contribution in [0, 0.1) is 0 Å². The van der Waals surface area contributed by atoms with Gasteiger partial charge in [0.05, 0.1) is 12.7 Å². The Labute approximate surface area is 120 Å². The zero-order chi connectivity index (χ0) is 13.0. The summed E-state index contributed by atoms with van der Waals surface area (Å²) < 4.78 is 32.1. The second-order valence-corrected chi connectivity index (χ2v) is 8.00. The van der Waals surface area contributed by atoms with Crippen LogP contribution in [0.15, 0.2) is 21.7 Å². The first-order valence-corrected chi connectivity index (χ1v) is 9.30. The predicted molar refractivity (Wildman–Crippen MR) is 75.8 cm³/mol. The average Bonchev–Trinajstić information content (AvgIpc) is 2.91. The molecule has 18 heavy (non-hydrogen) atoms. The van der Waals surface area contributed by atoms with Crippen molar-refractivity contribution in [1.29, 1.82) is 0 Å². The predicted octanol–water partition coefficient (Wildman–Crippen LogP) is 2.31. The molecule has 1 fully saturated rings. The molecule has 0 aromatic carbocycles. The first kappa shape index (κ1) is 14.5. The molecule has 0 atom stereocenters. The van der Waals surface area contributed by atoms with Crippen LogP contribution in [0.5, 0.6) is 0 Å². The van der Waals surface area contributed by atoms with E-state index < -0.39 is 10.0 Å². The summed E-state index contributed by atoms with van der Waals surface area (Å²) in [4.78, 5) is 0. The van der Waals surface area contributed by atoms with Crippen molar-refractivity contribution in [2.75, 3.05) is 25.0 Å². The van der Waals surface area contributed by atoms with Crippen LogP contribution in [-0.2, 0) is 14.8 Å². The quantitative estimate of drug-likeness (QED) is 0.763. The summed E-state index contributed by atoms with van der Waals surface area (Å²) in [6.45, 7) is 1.78. The molecule has 0 saturated carbocycles. The molecule has 1 aromatic heterocycles. The average molecular weight is 354 g/mol. The highest BCUT2D eigenvalue weighted by molar-refractivity contribution is 9.09. The molecule has 2 rings (SSSR count). The Balaban J connectivity index is 1.94. The molecule has 0 radical (unpaired) electrons. The fourth-order valence-corrected chi connectivity index (χ4v) is 4.79. The number of piperidine rings is 1. The van der Waals surface area contributed by atoms with Crippen molar-refractivity contribution in [3.8, 4) is 0 Å². The molecule has 0 aliphatic carbocycles. The van der Waals surface area contributed by atoms with Crippen molar-refractivity contribution in [3.05, 3.63) is 17.5 Å². The van der Waals surface area contributed by atoms with E-state index in [0.29, 0.717) is 23.9 Å². The van der Waals surface area contributed by atoms with Crippen molar-refractivity contribution in [3.63, 3.8) is 0 Å². The molecule has 0 amide bonds. The molecule has 102 valence electrons. The molecule has 4 nitrogen and oxygen atoms in total. The Bertz CT molecular complexity index is 453. The first-order chi connectivity index (χ1) is 8.64. The van der Waals surface area contributed by atoms with E-state index >= 15 is 0 Å². The Morgan fingerprint density at radius 3 is 2.72 bits per heavy atom. The molecule has 1 saturated heterocycles. The van der Waals surface area contributed by atoms with Crippen molar-refractivity contribution in [2.24, 2.45) is 0 Å². The smallest absolute Gasteiger partial charge is 0.252 e. The summed E-state index contributed by atoms with van der Waals surface area (Å²) in [7, 11) is -3.28. The molecule has 2 heterocycles. The molecule has 1 aliphatic heterocycles. The lowest BCUT2D eigenvalue weighted by molar-refractivity contribution is 0.0309. The van der Waals surface area contributed by atoms with Crippen LogP contribution in [0.3, 0.4) is 0 Å². The van der Waals surface area contributed by atoms with Crippen LogP contribution in [-0.4, -0.2) is 43.9 Å². The van der Waals surface area contributed by atoms with Crippen molar-refractivity contribution < 1.29 is 13.2 Å². The van der Waals surface area contributed by atoms with Gasteiger partial charge in [0.25, 0.3) is 10.0 Å². The maximum atomic E-state index is 12.3. The van der Waals surface area contributed by atoms with Crippen LogP contribution in [0.25, 0.3) is 0 Å². The van der Waals surface area contributed by atoms with Crippen molar-refractivity contribution >= 4 is 37.3 Å². The minimum atomic E-state index is -3.28. The number of nitrogens with zero attached hydrogens (tertiary/aromatic N) is 1. The Kier molecular flexibility index (Phi) is 5.20. The summed E-state index contributed by atoms with van der Waals surface area (Å²) in [5, 5.41) is 2.61. The highest BCUT2D eigenvalue weighted by atomic mass is 79.9. The van der Waals surface area contributed by atoms with E-state index in [4.69, 9.17) is 4.74 Å². The summed E-state index contributed by atoms with van der Waals surface area (Å²) in [5.74, 6) is 0. The van der Waals surface area contributed by atoms with E-state index in [2.05, 4.69) is 15.9 Å². The topological polar surface area (TPSA) is 46.6 Å². The van der Waals surface area contributed by atoms with Crippen LogP contribution in [0.1, 0.15) is 12.8 Å². The monoisotopic (exact) mass is 353 g/mol. The highest BCUT2D eigenvalue weighted by Gasteiger charge is 2.30. The number of rotatable bonds is 5. The third kappa shape index (κ3) is 3.33. The van der Waals surface area contributed by atoms with Crippen LogP contribution in [0.4, 0.5) is 0 Å². The van der Waals surface area contributed by atoms with E-state index in [1.165, 1.54) is 11.3 Å². The van der Waals surface area contributed by atoms with Gasteiger partial charge in [-0.1, -0.05) is 22.0 Å². The Morgan fingerprint density at radius 2 is 2.17 bits per heavy atom. The van der Waals surface area contributed by atoms with Crippen LogP contribution >= 0.6 is 27.3 Å². The van der Waals surface area contributed by atoms with Crippen molar-refractivity contribution in [1.82, 2.24) is 4.31 Å². The van der Waals surface area contributed by atoms with Gasteiger partial charge in [0.2, 0.25) is 0 Å². The van der Waals surface area contributed by atoms with Gasteiger partial charge < -0.3 is 4.74 Å². The second kappa shape index (κ2) is 6.47. The summed E-state index contributed by atoms with van der Waals surface area (Å²) >= 11 is 4.59. The van der Waals surface area contributed by atoms with Gasteiger partial charge in [0.1, 0.15) is 4.21 Å². The van der Waals surface area contributed by atoms with Crippen molar-refractivity contribution in [2.45, 2.75) is 23.2 Å². The van der Waals surface area contributed by atoms with Gasteiger partial charge >= 0.3 is 0 Å². The summed E-state index contributed by atoms with van der Waals surface area (Å²) in [6, 6.07) is 3.43. The van der Waals surface area contributed by atoms with Gasteiger partial charge in [-0.05, 0) is 24.3 Å². The van der Waals surface area contributed by atoms with Gasteiger partial charge in [0, 0.05) is 18.4 Å². The number of alkyl halides is 1. The molecular weight excluding hydrogens is 338 g/mol. The van der Waals surface area contributed by atoms with Crippen LogP contribution in [0.2, 0.25) is 0 Å². The molecule has 1 aromatic rings. The Morgan fingerprint density at radius 1 is 1.44 bits per heavy atom. The maximum Gasteiger partial charge on any atom is 0.252 e. The van der Waals surface area contributed by atoms with Gasteiger partial charge in [0.15, 0.2) is 0 Å². The lowest BCUT2D eigenvalue weighted by Gasteiger charge is -2.30. The van der Waals surface area contributed by atoms with Gasteiger partial charge in [-0.3, -0.25) is 0 Å². The zero-order valence-electron chi connectivity index (χ0n) is 9.92. The number of hydrogen-bond acceptors (Lipinski definition) is 4. The lowest BCUT2D eigenvalue weighted by atomic mass is 10.1. The number of sulfonamides is 1. The van der Waals surface area contributed by atoms with Gasteiger partial charge in [-0.2, -0.15) is 4.31 Å². The number of thiophene rings is 1. The van der Waals surface area contributed by atoms with Gasteiger partial charge in [-0.25, -0.2) is 8.42 Å². The van der Waals surface area contributed by atoms with E-state index in [-0.39, 0.29) is 6.10 Å². The fourth-order valence-electron chi connectivity index (χ4n) is 1.99. The van der Waals surface area contributed by atoms with E-state index in [9.17, 15) is 8.42 Å². The SMILES string of the molecule is O=S(=O)(c1cccs1)N1CCC(OCCBr)CC1. The van der Waals surface area contributed by atoms with Crippen LogP contribution < -0.4 is 0 Å². The largest absolute Gasteiger partial charge is 0.377 e. The number of ether oxygens (including phenoxy) is 1. The third-order valence-electron chi connectivity index (χ3n) is 2.92. The molecule has 1 aliphatic rings. The minimum Gasteiger partial charge on any atom is -0.377 e. The number of hydrogen-bond donors (Lipinski definition) is 0. The maximum absolute atomic E-state index is 12.3. The van der Waals surface area contributed by atoms with E-state index in [1.54, 1.807) is 21.8 Å². The summed E-state index contributed by atoms with van der Waals surface area (Å²) in [6.07, 6.45) is 1.74. The minimum absolute atomic E-state index is 0.192. The fraction of sp³-hybridized carbons (Fsp3) is 0.636. The lowest BCUT2D eigenvalue weighted by Crippen LogP contribution is -2.40. The highest BCUT2D eigenvalue weighted by Crippen LogP contribution is 2.24. The van der Waals surface area contributed by atoms with E-state index in [1.807, 2.05) is 0 Å². The standard InChI is InChI=1S/C11H16BrNO3S2/c12-5-8-16-10-3-6-13(7-4-10)18(14,15)11-2-1-9-17-11/h1-2,9-10H,3-8H2. The molecule has 0 unspecified atom stereocenters. The second-order valence-electron chi connectivity index (χ2n) is 4.10. The first-order valence-electron chi connectivity index (χ1n) is 5.86.